The zero-order chi connectivity index (χ0) is 9.52. The zero-order valence-electron chi connectivity index (χ0n) is 8.79. The van der Waals surface area contributed by atoms with Crippen LogP contribution in [0.2, 0.25) is 0 Å². The third-order valence-electron chi connectivity index (χ3n) is 2.21. The van der Waals surface area contributed by atoms with Crippen molar-refractivity contribution in [1.29, 1.82) is 0 Å². The summed E-state index contributed by atoms with van der Waals surface area (Å²) in [6, 6.07) is 0. The molecule has 0 spiro atoms. The molecule has 0 radical (unpaired) electrons. The molecule has 0 unspecified atom stereocenters. The Kier molecular flexibility index (Phi) is 5.05. The average Bonchev–Trinajstić information content (AvgIpc) is 2.14. The van der Waals surface area contributed by atoms with Crippen molar-refractivity contribution in [3.63, 3.8) is 0 Å². The van der Waals surface area contributed by atoms with Gasteiger partial charge in [0.2, 0.25) is 0 Å². The minimum Gasteiger partial charge on any atom is -0.314 e. The molecule has 0 aromatic rings. The molecule has 0 aromatic carbocycles. The van der Waals surface area contributed by atoms with Crippen molar-refractivity contribution < 1.29 is 0 Å². The van der Waals surface area contributed by atoms with Crippen LogP contribution in [0, 0.1) is 0 Å². The van der Waals surface area contributed by atoms with E-state index < -0.39 is 0 Å². The van der Waals surface area contributed by atoms with Crippen molar-refractivity contribution in [2.75, 3.05) is 53.4 Å². The maximum atomic E-state index is 3.35. The lowest BCUT2D eigenvalue weighted by Gasteiger charge is -2.25. The third-order valence-corrected chi connectivity index (χ3v) is 2.21. The van der Waals surface area contributed by atoms with Gasteiger partial charge in [0.05, 0.1) is 0 Å². The van der Waals surface area contributed by atoms with Crippen molar-refractivity contribution >= 4 is 0 Å². The monoisotopic (exact) mass is 183 g/mol. The molecule has 0 bridgehead atoms. The Morgan fingerprint density at radius 2 is 1.92 bits per heavy atom. The predicted octanol–water partition coefficient (Wildman–Crippen LogP) is 0.00940. The summed E-state index contributed by atoms with van der Waals surface area (Å²) in [5, 5.41) is 3.35. The highest BCUT2D eigenvalue weighted by Gasteiger charge is 2.06. The van der Waals surface area contributed by atoms with Crippen molar-refractivity contribution in [2.24, 2.45) is 0 Å². The molecule has 0 atom stereocenters. The first-order valence-corrected chi connectivity index (χ1v) is 5.02. The number of nitrogens with zero attached hydrogens (tertiary/aromatic N) is 2. The second-order valence-corrected chi connectivity index (χ2v) is 3.78. The summed E-state index contributed by atoms with van der Waals surface area (Å²) in [5.74, 6) is 0. The molecule has 1 fully saturated rings. The van der Waals surface area contributed by atoms with E-state index in [9.17, 15) is 0 Å². The van der Waals surface area contributed by atoms with Gasteiger partial charge in [-0.05, 0) is 14.1 Å². The topological polar surface area (TPSA) is 18.5 Å². The normalized spacial score (nSPS) is 20.2. The summed E-state index contributed by atoms with van der Waals surface area (Å²) in [4.78, 5) is 4.65. The number of rotatable bonds is 4. The summed E-state index contributed by atoms with van der Waals surface area (Å²) >= 11 is 0. The molecule has 13 heavy (non-hydrogen) atoms. The van der Waals surface area contributed by atoms with Gasteiger partial charge in [-0.3, -0.25) is 4.90 Å². The first-order chi connectivity index (χ1) is 6.29. The van der Waals surface area contributed by atoms with Crippen LogP contribution in [0.5, 0.6) is 0 Å². The highest BCUT2D eigenvalue weighted by molar-refractivity contribution is 4.87. The van der Waals surface area contributed by atoms with Crippen LogP contribution in [0.15, 0.2) is 12.2 Å². The Bertz CT molecular complexity index is 148. The van der Waals surface area contributed by atoms with Crippen LogP contribution >= 0.6 is 0 Å². The SMILES string of the molecule is CN(C)C/C=C\CN1CCNCC1. The lowest BCUT2D eigenvalue weighted by molar-refractivity contribution is 0.264. The maximum absolute atomic E-state index is 3.35. The summed E-state index contributed by atoms with van der Waals surface area (Å²) in [5.41, 5.74) is 0. The fourth-order valence-electron chi connectivity index (χ4n) is 1.40. The molecule has 0 amide bonds. The minimum atomic E-state index is 1.05. The van der Waals surface area contributed by atoms with Crippen LogP contribution in [0.1, 0.15) is 0 Å². The summed E-state index contributed by atoms with van der Waals surface area (Å²) in [6.07, 6.45) is 4.51. The first-order valence-electron chi connectivity index (χ1n) is 5.02. The molecule has 1 aliphatic rings. The molecule has 1 rings (SSSR count). The summed E-state index contributed by atoms with van der Waals surface area (Å²) < 4.78 is 0. The molecule has 0 saturated carbocycles. The Balaban J connectivity index is 2.06. The molecule has 3 nitrogen and oxygen atoms in total. The highest BCUT2D eigenvalue weighted by atomic mass is 15.2. The van der Waals surface area contributed by atoms with Gasteiger partial charge in [0.1, 0.15) is 0 Å². The molecule has 3 heteroatoms. The van der Waals surface area contributed by atoms with Crippen molar-refractivity contribution in [2.45, 2.75) is 0 Å². The molecule has 1 N–H and O–H groups in total. The summed E-state index contributed by atoms with van der Waals surface area (Å²) in [7, 11) is 4.18. The van der Waals surface area contributed by atoms with E-state index in [-0.39, 0.29) is 0 Å². The van der Waals surface area contributed by atoms with E-state index in [1.807, 2.05) is 0 Å². The quantitative estimate of drug-likeness (QED) is 0.619. The fourth-order valence-corrected chi connectivity index (χ4v) is 1.40. The second kappa shape index (κ2) is 6.13. The Morgan fingerprint density at radius 1 is 1.23 bits per heavy atom. The van der Waals surface area contributed by atoms with Gasteiger partial charge in [-0.25, -0.2) is 0 Å². The largest absolute Gasteiger partial charge is 0.314 e. The van der Waals surface area contributed by atoms with Crippen LogP contribution < -0.4 is 5.32 Å². The van der Waals surface area contributed by atoms with Crippen molar-refractivity contribution in [1.82, 2.24) is 15.1 Å². The van der Waals surface area contributed by atoms with Gasteiger partial charge in [-0.1, -0.05) is 12.2 Å². The molecule has 1 aliphatic heterocycles. The van der Waals surface area contributed by atoms with Crippen LogP contribution in [-0.4, -0.2) is 63.2 Å². The fraction of sp³-hybridized carbons (Fsp3) is 0.800. The van der Waals surface area contributed by atoms with Crippen LogP contribution in [0.4, 0.5) is 0 Å². The van der Waals surface area contributed by atoms with E-state index in [2.05, 4.69) is 41.4 Å². The smallest absolute Gasteiger partial charge is 0.0164 e. The van der Waals surface area contributed by atoms with E-state index in [4.69, 9.17) is 0 Å². The molecule has 0 aliphatic carbocycles. The molecule has 1 heterocycles. The van der Waals surface area contributed by atoms with Gasteiger partial charge in [0.25, 0.3) is 0 Å². The summed E-state index contributed by atoms with van der Waals surface area (Å²) in [6.45, 7) is 6.81. The van der Waals surface area contributed by atoms with E-state index in [0.29, 0.717) is 0 Å². The minimum absolute atomic E-state index is 1.05. The number of hydrogen-bond donors (Lipinski definition) is 1. The number of hydrogen-bond acceptors (Lipinski definition) is 3. The third kappa shape index (κ3) is 5.03. The van der Waals surface area contributed by atoms with E-state index in [1.165, 1.54) is 13.1 Å². The van der Waals surface area contributed by atoms with Crippen LogP contribution in [0.25, 0.3) is 0 Å². The molecular weight excluding hydrogens is 162 g/mol. The van der Waals surface area contributed by atoms with Crippen LogP contribution in [0.3, 0.4) is 0 Å². The lowest BCUT2D eigenvalue weighted by atomic mass is 10.3. The van der Waals surface area contributed by atoms with Crippen LogP contribution in [-0.2, 0) is 0 Å². The van der Waals surface area contributed by atoms with Gasteiger partial charge in [0, 0.05) is 39.3 Å². The number of nitrogens with one attached hydrogen (secondary N) is 1. The van der Waals surface area contributed by atoms with Crippen molar-refractivity contribution in [3.05, 3.63) is 12.2 Å². The molecule has 1 saturated heterocycles. The van der Waals surface area contributed by atoms with Gasteiger partial charge < -0.3 is 10.2 Å². The molecular formula is C10H21N3. The lowest BCUT2D eigenvalue weighted by Crippen LogP contribution is -2.43. The van der Waals surface area contributed by atoms with Gasteiger partial charge >= 0.3 is 0 Å². The van der Waals surface area contributed by atoms with Gasteiger partial charge in [-0.15, -0.1) is 0 Å². The second-order valence-electron chi connectivity index (χ2n) is 3.78. The highest BCUT2D eigenvalue weighted by Crippen LogP contribution is 1.91. The van der Waals surface area contributed by atoms with Crippen molar-refractivity contribution in [3.8, 4) is 0 Å². The average molecular weight is 183 g/mol. The Labute approximate surface area is 81.4 Å². The van der Waals surface area contributed by atoms with Gasteiger partial charge in [-0.2, -0.15) is 0 Å². The number of likely N-dealkylation sites (N-methyl/N-ethyl adjacent to an activating group) is 1. The number of piperazine rings is 1. The van der Waals surface area contributed by atoms with Gasteiger partial charge in [0.15, 0.2) is 0 Å². The molecule has 76 valence electrons. The Morgan fingerprint density at radius 3 is 2.54 bits per heavy atom. The Hall–Kier alpha value is -0.380. The standard InChI is InChI=1S/C10H21N3/c1-12(2)7-3-4-8-13-9-5-11-6-10-13/h3-4,11H,5-10H2,1-2H3/b4-3-. The predicted molar refractivity (Wildman–Crippen MR) is 57.0 cm³/mol. The van der Waals surface area contributed by atoms with E-state index in [0.717, 1.165) is 26.2 Å². The molecule has 0 aromatic heterocycles. The zero-order valence-corrected chi connectivity index (χ0v) is 8.79. The van der Waals surface area contributed by atoms with E-state index in [1.54, 1.807) is 0 Å². The van der Waals surface area contributed by atoms with E-state index >= 15 is 0 Å². The first kappa shape index (κ1) is 10.7. The maximum Gasteiger partial charge on any atom is 0.0164 e.